The van der Waals surface area contributed by atoms with E-state index >= 15 is 0 Å². The zero-order chi connectivity index (χ0) is 51.9. The van der Waals surface area contributed by atoms with E-state index in [0.29, 0.717) is 43.2 Å². The van der Waals surface area contributed by atoms with Crippen LogP contribution in [0, 0.1) is 41.4 Å². The summed E-state index contributed by atoms with van der Waals surface area (Å²) >= 11 is 0. The Bertz CT molecular complexity index is 1810. The smallest absolute Gasteiger partial charge is 0.308 e. The number of aliphatic hydroxyl groups excluding tert-OH is 4. The van der Waals surface area contributed by atoms with Crippen molar-refractivity contribution in [2.24, 2.45) is 46.6 Å². The molecule has 1 aliphatic carbocycles. The number of cyclic esters (lactones) is 1. The molecule has 5 rings (SSSR count). The van der Waals surface area contributed by atoms with Crippen LogP contribution in [0.4, 0.5) is 0 Å². The molecule has 0 radical (unpaired) electrons. The number of methoxy groups -OCH3 is 2. The van der Waals surface area contributed by atoms with Gasteiger partial charge in [0.05, 0.1) is 61.4 Å². The molecule has 3 heterocycles. The highest BCUT2D eigenvalue weighted by molar-refractivity contribution is 5.96. The van der Waals surface area contributed by atoms with Gasteiger partial charge in [-0.1, -0.05) is 82.6 Å². The zero-order valence-electron chi connectivity index (χ0n) is 44.9. The average Bonchev–Trinajstić information content (AvgIpc) is 3.32. The molecule has 4 N–H and O–H groups in total. The van der Waals surface area contributed by atoms with Crippen LogP contribution in [-0.4, -0.2) is 183 Å². The van der Waals surface area contributed by atoms with Crippen molar-refractivity contribution in [3.63, 3.8) is 0 Å². The number of hydrogen-bond donors (Lipinski definition) is 4. The number of benzene rings is 1. The number of hydrogen-bond acceptors (Lipinski definition) is 16. The largest absolute Gasteiger partial charge is 0.490 e. The number of carbonyl (C=O) groups excluding carboxylic acids is 1. The van der Waals surface area contributed by atoms with E-state index in [4.69, 9.17) is 43.2 Å². The SMILES string of the molecule is CC[C@H]1OC(=O)C[C@@H](O)[C@H](C)[C@@H](O[C@@H]2O[C@H](C)[C@@H](O)[C@H](N(C)C)[C@@H]2O)[C@@H](CCN2CC(C)CC(C)C2)C[C@@H](C)C(=N/OCCOc2ccccc2)/C=C/C(C)=C/C1CO[C@@H]1C[C@H](C)[C@@H](O)[C@@H](OC)[C@H]1OC. The fraction of sp³-hybridized carbons (Fsp3) is 0.782. The molecule has 16 heteroatoms. The van der Waals surface area contributed by atoms with Crippen LogP contribution >= 0.6 is 0 Å². The normalized spacial score (nSPS) is 40.2. The molecule has 404 valence electrons. The number of piperidine rings is 1. The topological polar surface area (TPSA) is 191 Å². The van der Waals surface area contributed by atoms with Crippen molar-refractivity contribution in [1.82, 2.24) is 9.80 Å². The van der Waals surface area contributed by atoms with Gasteiger partial charge in [-0.2, -0.15) is 0 Å². The lowest BCUT2D eigenvalue weighted by Gasteiger charge is -2.47. The van der Waals surface area contributed by atoms with E-state index < -0.39 is 91.2 Å². The van der Waals surface area contributed by atoms with E-state index in [-0.39, 0.29) is 44.0 Å². The summed E-state index contributed by atoms with van der Waals surface area (Å²) in [6, 6.07) is 8.88. The van der Waals surface area contributed by atoms with Crippen molar-refractivity contribution < 1.29 is 63.2 Å². The maximum absolute atomic E-state index is 14.1. The predicted octanol–water partition coefficient (Wildman–Crippen LogP) is 5.89. The van der Waals surface area contributed by atoms with Crippen LogP contribution in [0.2, 0.25) is 0 Å². The van der Waals surface area contributed by atoms with Gasteiger partial charge >= 0.3 is 5.97 Å². The number of likely N-dealkylation sites (tertiary alicyclic amines) is 1. The highest BCUT2D eigenvalue weighted by Gasteiger charge is 2.48. The number of carbonyl (C=O) groups is 1. The third-order valence-corrected chi connectivity index (χ3v) is 15.4. The second-order valence-electron chi connectivity index (χ2n) is 21.6. The van der Waals surface area contributed by atoms with Crippen molar-refractivity contribution >= 4 is 11.7 Å². The maximum atomic E-state index is 14.1. The quantitative estimate of drug-likeness (QED) is 0.0821. The molecule has 71 heavy (non-hydrogen) atoms. The van der Waals surface area contributed by atoms with Crippen LogP contribution in [0.1, 0.15) is 93.9 Å². The number of rotatable bonds is 17. The standard InChI is InChI=1S/C55H91N3O13/c1-13-45-41(32-67-46-28-37(6)49(61)54(65-12)53(46)64-11)26-33(2)19-20-43(56-68-24-23-66-42-17-15-14-16-18-42)36(5)27-40(21-22-58-30-34(3)25-35(4)31-58)52(38(7)44(59)29-47(60)70-45)71-55-51(63)48(57(9)10)50(62)39(8)69-55/h14-20,26,34-41,44-46,48-55,59,61-63H,13,21-25,27-32H2,1-12H3/b20-19+,33-26+,56-43+/t34?,35?,36-,37+,38+,39-,40+,41?,44-,45-,46-,48+,49-,50-,51+,52-,53+,54-,55+/m1/s1. The Morgan fingerprint density at radius 3 is 2.18 bits per heavy atom. The van der Waals surface area contributed by atoms with Gasteiger partial charge in [-0.3, -0.25) is 4.79 Å². The first-order chi connectivity index (χ1) is 33.8. The predicted molar refractivity (Wildman–Crippen MR) is 273 cm³/mol. The molecule has 2 saturated heterocycles. The van der Waals surface area contributed by atoms with Gasteiger partial charge in [-0.15, -0.1) is 0 Å². The molecule has 1 aromatic carbocycles. The molecule has 1 aromatic rings. The van der Waals surface area contributed by atoms with E-state index in [9.17, 15) is 25.2 Å². The van der Waals surface area contributed by atoms with E-state index in [1.807, 2.05) is 70.2 Å². The number of nitrogens with zero attached hydrogens (tertiary/aromatic N) is 3. The van der Waals surface area contributed by atoms with Crippen LogP contribution < -0.4 is 4.74 Å². The third kappa shape index (κ3) is 16.8. The molecule has 16 nitrogen and oxygen atoms in total. The van der Waals surface area contributed by atoms with Crippen molar-refractivity contribution in [3.8, 4) is 5.75 Å². The number of para-hydroxylation sites is 1. The molecule has 19 atom stereocenters. The summed E-state index contributed by atoms with van der Waals surface area (Å²) in [5, 5.41) is 50.9. The molecule has 1 saturated carbocycles. The number of esters is 1. The van der Waals surface area contributed by atoms with Gasteiger partial charge in [-0.25, -0.2) is 0 Å². The number of ether oxygens (including phenoxy) is 7. The lowest BCUT2D eigenvalue weighted by Crippen LogP contribution is -2.63. The van der Waals surface area contributed by atoms with Gasteiger partial charge in [-0.05, 0) is 108 Å². The Balaban J connectivity index is 1.54. The monoisotopic (exact) mass is 1000 g/mol. The molecule has 0 aromatic heterocycles. The molecule has 3 unspecified atom stereocenters. The van der Waals surface area contributed by atoms with Crippen molar-refractivity contribution in [1.29, 1.82) is 0 Å². The average molecular weight is 1000 g/mol. The Labute approximate surface area is 425 Å². The zero-order valence-corrected chi connectivity index (χ0v) is 44.9. The van der Waals surface area contributed by atoms with E-state index in [2.05, 4.69) is 31.7 Å². The number of aliphatic hydroxyl groups is 4. The van der Waals surface area contributed by atoms with E-state index in [1.165, 1.54) is 6.42 Å². The molecule has 0 bridgehead atoms. The summed E-state index contributed by atoms with van der Waals surface area (Å²) < 4.78 is 43.7. The van der Waals surface area contributed by atoms with Gasteiger partial charge in [0.1, 0.15) is 36.8 Å². The van der Waals surface area contributed by atoms with Crippen molar-refractivity contribution in [2.75, 3.05) is 67.8 Å². The first-order valence-electron chi connectivity index (χ1n) is 26.4. The second kappa shape index (κ2) is 28.6. The minimum Gasteiger partial charge on any atom is -0.490 e. The Morgan fingerprint density at radius 1 is 0.845 bits per heavy atom. The Kier molecular flexibility index (Phi) is 23.7. The molecule has 3 fully saturated rings. The number of oxime groups is 1. The van der Waals surface area contributed by atoms with Crippen LogP contribution in [0.25, 0.3) is 0 Å². The summed E-state index contributed by atoms with van der Waals surface area (Å²) in [7, 11) is 6.75. The Morgan fingerprint density at radius 2 is 1.54 bits per heavy atom. The summed E-state index contributed by atoms with van der Waals surface area (Å²) in [5.41, 5.74) is 1.57. The lowest BCUT2D eigenvalue weighted by atomic mass is 9.79. The van der Waals surface area contributed by atoms with Gasteiger partial charge in [0.25, 0.3) is 0 Å². The molecular weight excluding hydrogens is 911 g/mol. The van der Waals surface area contributed by atoms with Gasteiger partial charge < -0.3 is 68.2 Å². The molecule has 4 aliphatic rings. The fourth-order valence-corrected chi connectivity index (χ4v) is 11.5. The van der Waals surface area contributed by atoms with Crippen LogP contribution in [0.15, 0.2) is 59.3 Å². The minimum absolute atomic E-state index is 0.106. The van der Waals surface area contributed by atoms with Gasteiger partial charge in [0, 0.05) is 45.1 Å². The number of allylic oxidation sites excluding steroid dienone is 3. The maximum Gasteiger partial charge on any atom is 0.308 e. The van der Waals surface area contributed by atoms with Crippen LogP contribution in [-0.2, 0) is 38.1 Å². The van der Waals surface area contributed by atoms with Gasteiger partial charge in [0.2, 0.25) is 0 Å². The minimum atomic E-state index is -1.22. The van der Waals surface area contributed by atoms with Crippen LogP contribution in [0.3, 0.4) is 0 Å². The molecule has 0 spiro atoms. The first-order valence-corrected chi connectivity index (χ1v) is 26.4. The molecular formula is C55H91N3O13. The molecule has 0 amide bonds. The van der Waals surface area contributed by atoms with Crippen molar-refractivity contribution in [3.05, 3.63) is 54.1 Å². The second-order valence-corrected chi connectivity index (χ2v) is 21.6. The first kappa shape index (κ1) is 58.9. The highest BCUT2D eigenvalue weighted by Crippen LogP contribution is 2.37. The highest BCUT2D eigenvalue weighted by atomic mass is 16.7. The van der Waals surface area contributed by atoms with Gasteiger partial charge in [0.15, 0.2) is 12.9 Å². The molecule has 3 aliphatic heterocycles. The van der Waals surface area contributed by atoms with E-state index in [1.54, 1.807) is 40.1 Å². The van der Waals surface area contributed by atoms with E-state index in [0.717, 1.165) is 31.0 Å². The summed E-state index contributed by atoms with van der Waals surface area (Å²) in [6.45, 7) is 19.7. The Hall–Kier alpha value is -3.00. The number of likely N-dealkylation sites (N-methyl/N-ethyl adjacent to an activating group) is 1. The third-order valence-electron chi connectivity index (χ3n) is 15.4. The van der Waals surface area contributed by atoms with Crippen molar-refractivity contribution in [2.45, 2.75) is 167 Å². The van der Waals surface area contributed by atoms with Crippen LogP contribution in [0.5, 0.6) is 5.75 Å². The summed E-state index contributed by atoms with van der Waals surface area (Å²) in [4.78, 5) is 24.4. The fourth-order valence-electron chi connectivity index (χ4n) is 11.5. The summed E-state index contributed by atoms with van der Waals surface area (Å²) in [6.07, 6.45) is 0.368. The summed E-state index contributed by atoms with van der Waals surface area (Å²) in [5.74, 6) is -0.322. The lowest BCUT2D eigenvalue weighted by molar-refractivity contribution is -0.304.